The summed E-state index contributed by atoms with van der Waals surface area (Å²) in [6.45, 7) is 0.129. The smallest absolute Gasteiger partial charge is 0.312 e. The Kier molecular flexibility index (Phi) is 4.73. The fourth-order valence-corrected chi connectivity index (χ4v) is 1.61. The molecule has 0 spiro atoms. The predicted molar refractivity (Wildman–Crippen MR) is 56.5 cm³/mol. The van der Waals surface area contributed by atoms with Gasteiger partial charge >= 0.3 is 6.18 Å². The van der Waals surface area contributed by atoms with Crippen molar-refractivity contribution in [3.05, 3.63) is 34.1 Å². The fraction of sp³-hybridized carbons (Fsp3) is 0.400. The minimum Gasteiger partial charge on any atom is -0.312 e. The van der Waals surface area contributed by atoms with Crippen LogP contribution in [0.3, 0.4) is 0 Å². The zero-order valence-corrected chi connectivity index (χ0v) is 9.83. The van der Waals surface area contributed by atoms with Gasteiger partial charge in [0.25, 0.3) is 0 Å². The maximum atomic E-state index is 12.7. The van der Waals surface area contributed by atoms with Crippen LogP contribution >= 0.6 is 15.9 Å². The molecule has 0 amide bonds. The first-order valence-corrected chi connectivity index (χ1v) is 5.39. The fourth-order valence-electron chi connectivity index (χ4n) is 1.12. The van der Waals surface area contributed by atoms with Gasteiger partial charge in [0.05, 0.1) is 6.42 Å². The average Bonchev–Trinajstić information content (AvgIpc) is 2.13. The quantitative estimate of drug-likeness (QED) is 0.661. The second-order valence-electron chi connectivity index (χ2n) is 3.28. The van der Waals surface area contributed by atoms with Gasteiger partial charge in [-0.3, -0.25) is 0 Å². The molecule has 0 aliphatic heterocycles. The van der Waals surface area contributed by atoms with Gasteiger partial charge in [0, 0.05) is 17.6 Å². The molecule has 90 valence electrons. The van der Waals surface area contributed by atoms with E-state index in [2.05, 4.69) is 21.2 Å². The highest BCUT2D eigenvalue weighted by molar-refractivity contribution is 9.10. The Morgan fingerprint density at radius 1 is 1.25 bits per heavy atom. The lowest BCUT2D eigenvalue weighted by molar-refractivity contribution is -0.133. The summed E-state index contributed by atoms with van der Waals surface area (Å²) in [5, 5.41) is 2.65. The number of alkyl halides is 3. The van der Waals surface area contributed by atoms with Gasteiger partial charge in [-0.1, -0.05) is 22.0 Å². The SMILES string of the molecule is Fc1ccc(CNCCC(F)(F)F)c(Br)c1. The lowest BCUT2D eigenvalue weighted by atomic mass is 10.2. The lowest BCUT2D eigenvalue weighted by Gasteiger charge is -2.08. The van der Waals surface area contributed by atoms with Crippen molar-refractivity contribution in [2.45, 2.75) is 19.1 Å². The summed E-state index contributed by atoms with van der Waals surface area (Å²) in [4.78, 5) is 0. The van der Waals surface area contributed by atoms with Crippen LogP contribution in [0.4, 0.5) is 17.6 Å². The monoisotopic (exact) mass is 299 g/mol. The summed E-state index contributed by atoms with van der Waals surface area (Å²) in [5.41, 5.74) is 0.726. The van der Waals surface area contributed by atoms with Crippen LogP contribution in [-0.2, 0) is 6.54 Å². The first-order chi connectivity index (χ1) is 7.38. The van der Waals surface area contributed by atoms with Crippen molar-refractivity contribution in [1.29, 1.82) is 0 Å². The molecule has 0 saturated heterocycles. The molecule has 0 aliphatic rings. The largest absolute Gasteiger partial charge is 0.390 e. The summed E-state index contributed by atoms with van der Waals surface area (Å²) >= 11 is 3.14. The van der Waals surface area contributed by atoms with E-state index in [9.17, 15) is 17.6 Å². The lowest BCUT2D eigenvalue weighted by Crippen LogP contribution is -2.21. The predicted octanol–water partition coefficient (Wildman–Crippen LogP) is 3.63. The second-order valence-corrected chi connectivity index (χ2v) is 4.13. The van der Waals surface area contributed by atoms with Gasteiger partial charge in [0.1, 0.15) is 5.82 Å². The zero-order valence-electron chi connectivity index (χ0n) is 8.24. The van der Waals surface area contributed by atoms with E-state index in [0.717, 1.165) is 5.56 Å². The Morgan fingerprint density at radius 3 is 2.50 bits per heavy atom. The van der Waals surface area contributed by atoms with Crippen molar-refractivity contribution >= 4 is 15.9 Å². The first kappa shape index (κ1) is 13.4. The summed E-state index contributed by atoms with van der Waals surface area (Å²) in [6.07, 6.45) is -5.02. The molecule has 6 heteroatoms. The van der Waals surface area contributed by atoms with E-state index < -0.39 is 12.6 Å². The van der Waals surface area contributed by atoms with Gasteiger partial charge in [-0.05, 0) is 17.7 Å². The third-order valence-corrected chi connectivity index (χ3v) is 2.65. The van der Waals surface area contributed by atoms with Crippen molar-refractivity contribution < 1.29 is 17.6 Å². The van der Waals surface area contributed by atoms with Crippen molar-refractivity contribution in [3.63, 3.8) is 0 Å². The number of benzene rings is 1. The van der Waals surface area contributed by atoms with E-state index >= 15 is 0 Å². The maximum Gasteiger partial charge on any atom is 0.390 e. The van der Waals surface area contributed by atoms with Gasteiger partial charge < -0.3 is 5.32 Å². The molecule has 0 fully saturated rings. The normalized spacial score (nSPS) is 11.8. The minimum atomic E-state index is -4.15. The van der Waals surface area contributed by atoms with Crippen LogP contribution in [-0.4, -0.2) is 12.7 Å². The van der Waals surface area contributed by atoms with Gasteiger partial charge in [-0.25, -0.2) is 4.39 Å². The van der Waals surface area contributed by atoms with Gasteiger partial charge in [0.15, 0.2) is 0 Å². The van der Waals surface area contributed by atoms with E-state index in [-0.39, 0.29) is 18.9 Å². The maximum absolute atomic E-state index is 12.7. The Labute approximate surface area is 99.0 Å². The highest BCUT2D eigenvalue weighted by Crippen LogP contribution is 2.19. The number of nitrogens with one attached hydrogen (secondary N) is 1. The summed E-state index contributed by atoms with van der Waals surface area (Å²) < 4.78 is 48.7. The molecule has 0 aromatic heterocycles. The molecule has 16 heavy (non-hydrogen) atoms. The molecule has 0 heterocycles. The molecular weight excluding hydrogens is 290 g/mol. The minimum absolute atomic E-state index is 0.146. The first-order valence-electron chi connectivity index (χ1n) is 4.60. The Hall–Kier alpha value is -0.620. The molecule has 1 aromatic carbocycles. The molecular formula is C10H10BrF4N. The van der Waals surface area contributed by atoms with E-state index in [1.165, 1.54) is 18.2 Å². The van der Waals surface area contributed by atoms with E-state index in [1.54, 1.807) is 0 Å². The van der Waals surface area contributed by atoms with Gasteiger partial charge in [0.2, 0.25) is 0 Å². The highest BCUT2D eigenvalue weighted by atomic mass is 79.9. The van der Waals surface area contributed by atoms with Crippen molar-refractivity contribution in [1.82, 2.24) is 5.32 Å². The van der Waals surface area contributed by atoms with Crippen molar-refractivity contribution in [2.24, 2.45) is 0 Å². The third kappa shape index (κ3) is 4.94. The van der Waals surface area contributed by atoms with Crippen molar-refractivity contribution in [2.75, 3.05) is 6.54 Å². The van der Waals surface area contributed by atoms with Crippen LogP contribution in [0.2, 0.25) is 0 Å². The van der Waals surface area contributed by atoms with Crippen LogP contribution in [0.15, 0.2) is 22.7 Å². The van der Waals surface area contributed by atoms with Crippen LogP contribution in [0.25, 0.3) is 0 Å². The molecule has 0 saturated carbocycles. The summed E-state index contributed by atoms with van der Waals surface area (Å²) in [5.74, 6) is -0.383. The topological polar surface area (TPSA) is 12.0 Å². The second kappa shape index (κ2) is 5.63. The highest BCUT2D eigenvalue weighted by Gasteiger charge is 2.25. The van der Waals surface area contributed by atoms with Crippen LogP contribution in [0, 0.1) is 5.82 Å². The molecule has 1 N–H and O–H groups in total. The molecule has 1 nitrogen and oxygen atoms in total. The van der Waals surface area contributed by atoms with Crippen molar-refractivity contribution in [3.8, 4) is 0 Å². The van der Waals surface area contributed by atoms with E-state index in [4.69, 9.17) is 0 Å². The molecule has 0 atom stereocenters. The van der Waals surface area contributed by atoms with Gasteiger partial charge in [-0.2, -0.15) is 13.2 Å². The molecule has 1 rings (SSSR count). The van der Waals surface area contributed by atoms with E-state index in [0.29, 0.717) is 4.47 Å². The van der Waals surface area contributed by atoms with Gasteiger partial charge in [-0.15, -0.1) is 0 Å². The Balaban J connectivity index is 2.38. The number of hydrogen-bond donors (Lipinski definition) is 1. The molecule has 1 aromatic rings. The molecule has 0 unspecified atom stereocenters. The summed E-state index contributed by atoms with van der Waals surface area (Å²) in [7, 11) is 0. The number of rotatable bonds is 4. The Bertz CT molecular complexity index is 351. The number of hydrogen-bond acceptors (Lipinski definition) is 1. The standard InChI is InChI=1S/C10H10BrF4N/c11-9-5-8(12)2-1-7(9)6-16-4-3-10(13,14)15/h1-2,5,16H,3-4,6H2. The zero-order chi connectivity index (χ0) is 12.2. The van der Waals surface area contributed by atoms with Crippen LogP contribution < -0.4 is 5.32 Å². The van der Waals surface area contributed by atoms with Crippen LogP contribution in [0.5, 0.6) is 0 Å². The number of halogens is 5. The molecule has 0 bridgehead atoms. The van der Waals surface area contributed by atoms with E-state index in [1.807, 2.05) is 0 Å². The third-order valence-electron chi connectivity index (χ3n) is 1.92. The summed E-state index contributed by atoms with van der Waals surface area (Å²) in [6, 6.07) is 4.08. The van der Waals surface area contributed by atoms with Crippen LogP contribution in [0.1, 0.15) is 12.0 Å². The molecule has 0 radical (unpaired) electrons. The molecule has 0 aliphatic carbocycles. The average molecular weight is 300 g/mol. The Morgan fingerprint density at radius 2 is 1.94 bits per heavy atom.